The molecule has 0 saturated carbocycles. The highest BCUT2D eigenvalue weighted by atomic mass is 16.5. The standard InChI is InChI=1S/C25H27NO4/c1-5-30-24(28)26-21-9-7-6-8-18(21)19-15-25(3,23(27)29-4)20(14-22(19)26)17-12-10-16(2)11-13-17/h6-13,20H,5,14-15H2,1-4H3/t20-,25+/m0/s1. The molecule has 5 nitrogen and oxygen atoms in total. The molecule has 3 aromatic rings. The molecular weight excluding hydrogens is 378 g/mol. The number of carbonyl (C=O) groups excluding carboxylic acids is 2. The van der Waals surface area contributed by atoms with Crippen molar-refractivity contribution in [3.05, 3.63) is 70.9 Å². The van der Waals surface area contributed by atoms with Crippen LogP contribution < -0.4 is 0 Å². The van der Waals surface area contributed by atoms with Crippen LogP contribution in [0, 0.1) is 12.3 Å². The van der Waals surface area contributed by atoms with Gasteiger partial charge in [-0.05, 0) is 50.8 Å². The Morgan fingerprint density at radius 3 is 2.50 bits per heavy atom. The molecule has 0 radical (unpaired) electrons. The van der Waals surface area contributed by atoms with Gasteiger partial charge in [0.15, 0.2) is 0 Å². The SMILES string of the molecule is CCOC(=O)n1c2c(c3ccccc31)C[C@@](C)(C(=O)OC)[C@H](c1ccc(C)cc1)C2. The zero-order chi connectivity index (χ0) is 21.5. The lowest BCUT2D eigenvalue weighted by Gasteiger charge is -2.39. The van der Waals surface area contributed by atoms with Crippen molar-refractivity contribution >= 4 is 23.0 Å². The molecule has 1 aliphatic rings. The highest BCUT2D eigenvalue weighted by Gasteiger charge is 2.48. The van der Waals surface area contributed by atoms with Crippen LogP contribution in [0.1, 0.15) is 42.1 Å². The topological polar surface area (TPSA) is 57.5 Å². The summed E-state index contributed by atoms with van der Waals surface area (Å²) in [5.74, 6) is -0.345. The van der Waals surface area contributed by atoms with Gasteiger partial charge in [0, 0.05) is 17.0 Å². The van der Waals surface area contributed by atoms with Crippen LogP contribution in [0.2, 0.25) is 0 Å². The number of carbonyl (C=O) groups is 2. The smallest absolute Gasteiger partial charge is 0.418 e. The van der Waals surface area contributed by atoms with E-state index in [0.717, 1.165) is 33.3 Å². The zero-order valence-corrected chi connectivity index (χ0v) is 17.9. The lowest BCUT2D eigenvalue weighted by atomic mass is 9.64. The maximum Gasteiger partial charge on any atom is 0.418 e. The van der Waals surface area contributed by atoms with E-state index in [1.54, 1.807) is 11.5 Å². The molecule has 1 aliphatic carbocycles. The third-order valence-corrected chi connectivity index (χ3v) is 6.38. The third-order valence-electron chi connectivity index (χ3n) is 6.38. The number of aryl methyl sites for hydroxylation is 1. The molecule has 0 saturated heterocycles. The maximum absolute atomic E-state index is 13.0. The molecule has 0 fully saturated rings. The second-order valence-electron chi connectivity index (χ2n) is 8.23. The summed E-state index contributed by atoms with van der Waals surface area (Å²) < 4.78 is 12.3. The lowest BCUT2D eigenvalue weighted by molar-refractivity contribution is -0.153. The summed E-state index contributed by atoms with van der Waals surface area (Å²) in [4.78, 5) is 25.9. The van der Waals surface area contributed by atoms with Crippen LogP contribution in [0.15, 0.2) is 48.5 Å². The van der Waals surface area contributed by atoms with Gasteiger partial charge in [0.1, 0.15) is 0 Å². The number of hydrogen-bond acceptors (Lipinski definition) is 4. The van der Waals surface area contributed by atoms with Crippen LogP contribution >= 0.6 is 0 Å². The normalized spacial score (nSPS) is 20.6. The van der Waals surface area contributed by atoms with Crippen LogP contribution in [0.3, 0.4) is 0 Å². The molecule has 1 heterocycles. The predicted molar refractivity (Wildman–Crippen MR) is 116 cm³/mol. The fourth-order valence-electron chi connectivity index (χ4n) is 4.81. The quantitative estimate of drug-likeness (QED) is 0.575. The Morgan fingerprint density at radius 1 is 1.13 bits per heavy atom. The summed E-state index contributed by atoms with van der Waals surface area (Å²) in [6.45, 7) is 6.13. The van der Waals surface area contributed by atoms with Crippen molar-refractivity contribution in [3.8, 4) is 0 Å². The lowest BCUT2D eigenvalue weighted by Crippen LogP contribution is -2.42. The first-order valence-electron chi connectivity index (χ1n) is 10.3. The van der Waals surface area contributed by atoms with E-state index in [9.17, 15) is 9.59 Å². The first-order valence-corrected chi connectivity index (χ1v) is 10.3. The number of ether oxygens (including phenoxy) is 2. The molecule has 0 amide bonds. The van der Waals surface area contributed by atoms with Gasteiger partial charge in [0.05, 0.1) is 24.6 Å². The van der Waals surface area contributed by atoms with Crippen LogP contribution in [-0.2, 0) is 27.1 Å². The van der Waals surface area contributed by atoms with E-state index in [4.69, 9.17) is 9.47 Å². The minimum Gasteiger partial charge on any atom is -0.469 e. The molecule has 5 heteroatoms. The summed E-state index contributed by atoms with van der Waals surface area (Å²) in [5.41, 5.74) is 4.25. The van der Waals surface area contributed by atoms with Crippen LogP contribution in [0.25, 0.3) is 10.9 Å². The van der Waals surface area contributed by atoms with Gasteiger partial charge in [0.25, 0.3) is 0 Å². The van der Waals surface area contributed by atoms with Gasteiger partial charge in [-0.1, -0.05) is 48.0 Å². The number of para-hydroxylation sites is 1. The van der Waals surface area contributed by atoms with Crippen molar-refractivity contribution in [1.29, 1.82) is 0 Å². The number of benzene rings is 2. The van der Waals surface area contributed by atoms with Crippen molar-refractivity contribution in [1.82, 2.24) is 4.57 Å². The maximum atomic E-state index is 13.0. The van der Waals surface area contributed by atoms with Crippen LogP contribution in [0.4, 0.5) is 4.79 Å². The third kappa shape index (κ3) is 3.09. The highest BCUT2D eigenvalue weighted by molar-refractivity contribution is 5.95. The summed E-state index contributed by atoms with van der Waals surface area (Å²) in [6, 6.07) is 16.1. The van der Waals surface area contributed by atoms with Gasteiger partial charge in [-0.15, -0.1) is 0 Å². The van der Waals surface area contributed by atoms with Crippen molar-refractivity contribution in [2.75, 3.05) is 13.7 Å². The number of fused-ring (bicyclic) bond motifs is 3. The average Bonchev–Trinajstić information content (AvgIpc) is 3.06. The van der Waals surface area contributed by atoms with Crippen molar-refractivity contribution in [2.45, 2.75) is 39.5 Å². The Kier molecular flexibility index (Phi) is 5.14. The Labute approximate surface area is 176 Å². The fraction of sp³-hybridized carbons (Fsp3) is 0.360. The fourth-order valence-corrected chi connectivity index (χ4v) is 4.81. The summed E-state index contributed by atoms with van der Waals surface area (Å²) in [7, 11) is 1.44. The van der Waals surface area contributed by atoms with E-state index in [2.05, 4.69) is 24.3 Å². The Hall–Kier alpha value is -3.08. The number of esters is 1. The Bertz CT molecular complexity index is 1110. The van der Waals surface area contributed by atoms with Gasteiger partial charge >= 0.3 is 12.1 Å². The summed E-state index contributed by atoms with van der Waals surface area (Å²) in [6.07, 6.45) is 0.678. The van der Waals surface area contributed by atoms with Crippen molar-refractivity contribution in [2.24, 2.45) is 5.41 Å². The highest BCUT2D eigenvalue weighted by Crippen LogP contribution is 2.49. The Balaban J connectivity index is 1.94. The zero-order valence-electron chi connectivity index (χ0n) is 17.9. The largest absolute Gasteiger partial charge is 0.469 e. The van der Waals surface area contributed by atoms with E-state index in [1.165, 1.54) is 7.11 Å². The van der Waals surface area contributed by atoms with Crippen molar-refractivity contribution < 1.29 is 19.1 Å². The van der Waals surface area contributed by atoms with E-state index in [0.29, 0.717) is 19.4 Å². The van der Waals surface area contributed by atoms with E-state index < -0.39 is 5.41 Å². The molecule has 30 heavy (non-hydrogen) atoms. The molecule has 0 spiro atoms. The van der Waals surface area contributed by atoms with E-state index in [1.807, 2.05) is 38.1 Å². The minimum atomic E-state index is -0.735. The number of methoxy groups -OCH3 is 1. The number of nitrogens with zero attached hydrogens (tertiary/aromatic N) is 1. The molecule has 4 rings (SSSR count). The van der Waals surface area contributed by atoms with Crippen LogP contribution in [-0.4, -0.2) is 30.3 Å². The molecular formula is C25H27NO4. The predicted octanol–water partition coefficient (Wildman–Crippen LogP) is 5.02. The van der Waals surface area contributed by atoms with Gasteiger partial charge in [-0.3, -0.25) is 4.79 Å². The summed E-state index contributed by atoms with van der Waals surface area (Å²) in [5, 5.41) is 0.984. The second-order valence-corrected chi connectivity index (χ2v) is 8.23. The van der Waals surface area contributed by atoms with Gasteiger partial charge in [-0.25, -0.2) is 9.36 Å². The molecule has 0 unspecified atom stereocenters. The van der Waals surface area contributed by atoms with E-state index >= 15 is 0 Å². The molecule has 156 valence electrons. The van der Waals surface area contributed by atoms with Gasteiger partial charge < -0.3 is 9.47 Å². The number of aromatic nitrogens is 1. The molecule has 0 N–H and O–H groups in total. The first-order chi connectivity index (χ1) is 14.4. The average molecular weight is 405 g/mol. The molecule has 2 aromatic carbocycles. The number of hydrogen-bond donors (Lipinski definition) is 0. The van der Waals surface area contributed by atoms with Crippen LogP contribution in [0.5, 0.6) is 0 Å². The molecule has 1 aromatic heterocycles. The van der Waals surface area contributed by atoms with Gasteiger partial charge in [-0.2, -0.15) is 0 Å². The number of rotatable bonds is 3. The first kappa shape index (κ1) is 20.2. The second kappa shape index (κ2) is 7.63. The molecule has 0 aliphatic heterocycles. The van der Waals surface area contributed by atoms with Gasteiger partial charge in [0.2, 0.25) is 0 Å². The molecule has 2 atom stereocenters. The monoisotopic (exact) mass is 405 g/mol. The summed E-state index contributed by atoms with van der Waals surface area (Å²) >= 11 is 0. The molecule has 0 bridgehead atoms. The Morgan fingerprint density at radius 2 is 1.83 bits per heavy atom. The van der Waals surface area contributed by atoms with E-state index in [-0.39, 0.29) is 18.0 Å². The minimum absolute atomic E-state index is 0.115. The van der Waals surface area contributed by atoms with Crippen molar-refractivity contribution in [3.63, 3.8) is 0 Å².